The number of halogens is 1. The lowest BCUT2D eigenvalue weighted by molar-refractivity contribution is -0.152. The molecule has 5 rings (SSSR count). The molecule has 1 atom stereocenters. The summed E-state index contributed by atoms with van der Waals surface area (Å²) in [6, 6.07) is 12.8. The van der Waals surface area contributed by atoms with Crippen LogP contribution in [0.3, 0.4) is 0 Å². The molecule has 2 aliphatic rings. The minimum atomic E-state index is -1.03. The Morgan fingerprint density at radius 2 is 1.72 bits per heavy atom. The average molecular weight is 555 g/mol. The molecule has 1 aromatic heterocycles. The molecule has 2 fully saturated rings. The van der Waals surface area contributed by atoms with Crippen molar-refractivity contribution in [1.29, 1.82) is 0 Å². The number of rotatable bonds is 8. The molecule has 0 radical (unpaired) electrons. The molecular weight excluding hydrogens is 527 g/mol. The van der Waals surface area contributed by atoms with Crippen LogP contribution >= 0.6 is 11.3 Å². The number of likely N-dealkylation sites (tertiary alicyclic amines) is 1. The fraction of sp³-hybridized carbons (Fsp3) is 0.296. The molecule has 3 heterocycles. The quantitative estimate of drug-likeness (QED) is 0.390. The lowest BCUT2D eigenvalue weighted by atomic mass is 10.1. The van der Waals surface area contributed by atoms with E-state index in [0.29, 0.717) is 36.0 Å². The minimum absolute atomic E-state index is 0.0845. The van der Waals surface area contributed by atoms with Gasteiger partial charge in [0.2, 0.25) is 11.8 Å². The van der Waals surface area contributed by atoms with E-state index in [2.05, 4.69) is 10.6 Å². The number of carbonyl (C=O) groups is 3. The first-order chi connectivity index (χ1) is 18.8. The summed E-state index contributed by atoms with van der Waals surface area (Å²) in [5.74, 6) is -1.72. The molecule has 4 N–H and O–H groups in total. The predicted molar refractivity (Wildman–Crippen MR) is 141 cm³/mol. The van der Waals surface area contributed by atoms with E-state index in [-0.39, 0.29) is 37.8 Å². The number of nitrogens with two attached hydrogens (primary N) is 1. The summed E-state index contributed by atoms with van der Waals surface area (Å²) < 4.78 is 30.2. The number of hydrogen-bond donors (Lipinski definition) is 3. The molecule has 3 aromatic rings. The van der Waals surface area contributed by atoms with Gasteiger partial charge in [-0.3, -0.25) is 14.4 Å². The van der Waals surface area contributed by atoms with Crippen molar-refractivity contribution < 1.29 is 33.0 Å². The van der Waals surface area contributed by atoms with E-state index in [4.69, 9.17) is 19.9 Å². The Morgan fingerprint density at radius 1 is 1.05 bits per heavy atom. The van der Waals surface area contributed by atoms with Crippen molar-refractivity contribution in [2.24, 2.45) is 0 Å². The van der Waals surface area contributed by atoms with Crippen molar-refractivity contribution in [3.05, 3.63) is 76.2 Å². The zero-order valence-electron chi connectivity index (χ0n) is 20.9. The van der Waals surface area contributed by atoms with Gasteiger partial charge in [0.1, 0.15) is 23.4 Å². The molecule has 2 aromatic carbocycles. The van der Waals surface area contributed by atoms with E-state index in [1.165, 1.54) is 40.5 Å². The highest BCUT2D eigenvalue weighted by Crippen LogP contribution is 2.35. The maximum Gasteiger partial charge on any atom is 0.251 e. The van der Waals surface area contributed by atoms with Gasteiger partial charge >= 0.3 is 0 Å². The Bertz CT molecular complexity index is 1340. The number of nitrogen functional groups attached to an aromatic ring is 1. The number of anilines is 1. The Morgan fingerprint density at radius 3 is 2.36 bits per heavy atom. The molecule has 2 aliphatic heterocycles. The number of ether oxygens (including phenoxy) is 3. The van der Waals surface area contributed by atoms with Gasteiger partial charge in [-0.2, -0.15) is 0 Å². The fourth-order valence-corrected chi connectivity index (χ4v) is 5.21. The second-order valence-electron chi connectivity index (χ2n) is 9.18. The Labute approximate surface area is 227 Å². The summed E-state index contributed by atoms with van der Waals surface area (Å²) in [5, 5.41) is 7.26. The minimum Gasteiger partial charge on any atom is -0.457 e. The van der Waals surface area contributed by atoms with Crippen LogP contribution in [-0.4, -0.2) is 60.8 Å². The van der Waals surface area contributed by atoms with E-state index < -0.39 is 23.6 Å². The predicted octanol–water partition coefficient (Wildman–Crippen LogP) is 2.65. The molecule has 0 unspecified atom stereocenters. The van der Waals surface area contributed by atoms with Gasteiger partial charge in [-0.25, -0.2) is 4.39 Å². The molecular formula is C27H27FN4O6S. The Balaban J connectivity index is 1.18. The molecule has 2 saturated heterocycles. The van der Waals surface area contributed by atoms with E-state index in [1.54, 1.807) is 35.7 Å². The van der Waals surface area contributed by atoms with Crippen LogP contribution in [0.25, 0.3) is 0 Å². The monoisotopic (exact) mass is 554 g/mol. The van der Waals surface area contributed by atoms with Gasteiger partial charge in [0.15, 0.2) is 5.79 Å². The fourth-order valence-electron chi connectivity index (χ4n) is 4.50. The summed E-state index contributed by atoms with van der Waals surface area (Å²) >= 11 is 1.43. The molecule has 1 spiro atoms. The maximum atomic E-state index is 13.2. The Hall–Kier alpha value is -4.00. The highest BCUT2D eigenvalue weighted by molar-refractivity contribution is 7.10. The van der Waals surface area contributed by atoms with Crippen LogP contribution in [0.1, 0.15) is 21.7 Å². The second-order valence-corrected chi connectivity index (χ2v) is 10.2. The molecule has 12 heteroatoms. The molecule has 10 nitrogen and oxygen atoms in total. The van der Waals surface area contributed by atoms with Gasteiger partial charge in [0, 0.05) is 27.9 Å². The second kappa shape index (κ2) is 11.4. The van der Waals surface area contributed by atoms with Crippen LogP contribution < -0.4 is 21.1 Å². The van der Waals surface area contributed by atoms with Crippen molar-refractivity contribution in [1.82, 2.24) is 15.5 Å². The average Bonchev–Trinajstić information content (AvgIpc) is 3.68. The topological polar surface area (TPSA) is 132 Å². The largest absolute Gasteiger partial charge is 0.457 e. The van der Waals surface area contributed by atoms with Gasteiger partial charge in [-0.1, -0.05) is 0 Å². The van der Waals surface area contributed by atoms with Crippen molar-refractivity contribution in [3.63, 3.8) is 0 Å². The molecule has 3 amide bonds. The number of carbonyl (C=O) groups excluding carboxylic acids is 3. The summed E-state index contributed by atoms with van der Waals surface area (Å²) in [6.07, 6.45) is 0.195. The Kier molecular flexibility index (Phi) is 7.77. The molecule has 39 heavy (non-hydrogen) atoms. The van der Waals surface area contributed by atoms with Gasteiger partial charge in [0.25, 0.3) is 5.91 Å². The van der Waals surface area contributed by atoms with Gasteiger partial charge in [-0.15, -0.1) is 11.3 Å². The zero-order chi connectivity index (χ0) is 27.4. The maximum absolute atomic E-state index is 13.2. The van der Waals surface area contributed by atoms with E-state index in [9.17, 15) is 18.8 Å². The zero-order valence-corrected chi connectivity index (χ0v) is 21.7. The normalized spacial score (nSPS) is 17.8. The van der Waals surface area contributed by atoms with Crippen LogP contribution in [0.5, 0.6) is 11.5 Å². The van der Waals surface area contributed by atoms with E-state index >= 15 is 0 Å². The lowest BCUT2D eigenvalue weighted by Gasteiger charge is -2.24. The first-order valence-electron chi connectivity index (χ1n) is 12.3. The number of amides is 3. The van der Waals surface area contributed by atoms with E-state index in [0.717, 1.165) is 4.88 Å². The van der Waals surface area contributed by atoms with Crippen LogP contribution in [0, 0.1) is 5.82 Å². The summed E-state index contributed by atoms with van der Waals surface area (Å²) in [4.78, 5) is 41.2. The van der Waals surface area contributed by atoms with Crippen molar-refractivity contribution in [2.45, 2.75) is 24.8 Å². The molecule has 0 bridgehead atoms. The molecule has 204 valence electrons. The first kappa shape index (κ1) is 26.6. The third-order valence-electron chi connectivity index (χ3n) is 6.41. The van der Waals surface area contributed by atoms with Crippen LogP contribution in [0.15, 0.2) is 60.0 Å². The van der Waals surface area contributed by atoms with Crippen LogP contribution in [0.4, 0.5) is 10.1 Å². The summed E-state index contributed by atoms with van der Waals surface area (Å²) in [7, 11) is 0. The molecule has 0 saturated carbocycles. The molecule has 0 aliphatic carbocycles. The van der Waals surface area contributed by atoms with Crippen LogP contribution in [0.2, 0.25) is 0 Å². The van der Waals surface area contributed by atoms with Crippen molar-refractivity contribution in [2.75, 3.05) is 32.0 Å². The summed E-state index contributed by atoms with van der Waals surface area (Å²) in [5.41, 5.74) is 6.69. The number of benzene rings is 2. The van der Waals surface area contributed by atoms with Gasteiger partial charge < -0.3 is 35.5 Å². The highest BCUT2D eigenvalue weighted by atomic mass is 32.1. The third-order valence-corrected chi connectivity index (χ3v) is 7.36. The first-order valence-corrected chi connectivity index (χ1v) is 13.2. The SMILES string of the molecule is Nc1csc(CNC(=O)[C@@H]2CC3(CN2C(=O)CNC(=O)c2ccc(Oc4ccc(F)cc4)cc2)OCCO3)c1. The number of nitrogens with zero attached hydrogens (tertiary/aromatic N) is 1. The smallest absolute Gasteiger partial charge is 0.251 e. The van der Waals surface area contributed by atoms with Crippen molar-refractivity contribution in [3.8, 4) is 11.5 Å². The lowest BCUT2D eigenvalue weighted by Crippen LogP contribution is -2.49. The number of hydrogen-bond acceptors (Lipinski definition) is 8. The number of nitrogens with one attached hydrogen (secondary N) is 2. The van der Waals surface area contributed by atoms with Gasteiger partial charge in [0.05, 0.1) is 32.8 Å². The number of thiophene rings is 1. The summed E-state index contributed by atoms with van der Waals surface area (Å²) in [6.45, 7) is 0.811. The van der Waals surface area contributed by atoms with E-state index in [1.807, 2.05) is 0 Å². The third kappa shape index (κ3) is 6.36. The standard InChI is InChI=1S/C27H27FN4O6S/c28-18-3-7-21(8-4-18)38-20-5-1-17(2-6-20)25(34)31-14-24(33)32-16-27(36-9-10-37-27)12-23(32)26(35)30-13-22-11-19(29)15-39-22/h1-8,11,15,23H,9-10,12-14,16,29H2,(H,30,35)(H,31,34)/t23-/m0/s1. The van der Waals surface area contributed by atoms with Crippen molar-refractivity contribution >= 4 is 34.7 Å². The highest BCUT2D eigenvalue weighted by Gasteiger charge is 2.52. The van der Waals surface area contributed by atoms with Crippen LogP contribution in [-0.2, 0) is 25.6 Å². The van der Waals surface area contributed by atoms with Gasteiger partial charge in [-0.05, 0) is 54.6 Å².